The fraction of sp³-hybridized carbons (Fsp3) is 0.276. The average molecular weight is 1110 g/mol. The molecule has 5 aromatic carbocycles. The molecule has 2 aliphatic heterocycles. The minimum Gasteiger partial charge on any atom is -0.497 e. The molecule has 0 radical (unpaired) electrons. The summed E-state index contributed by atoms with van der Waals surface area (Å²) >= 11 is 0. The Labute approximate surface area is 460 Å². The third-order valence-corrected chi connectivity index (χ3v) is 14.3. The van der Waals surface area contributed by atoms with E-state index in [2.05, 4.69) is 26.7 Å². The van der Waals surface area contributed by atoms with Gasteiger partial charge in [-0.25, -0.2) is 9.59 Å². The molecule has 0 aliphatic carbocycles. The van der Waals surface area contributed by atoms with E-state index in [9.17, 15) is 29.2 Å². The molecular weight excluding hydrogens is 1050 g/mol. The lowest BCUT2D eigenvalue weighted by Gasteiger charge is -2.37. The van der Waals surface area contributed by atoms with Crippen molar-refractivity contribution in [2.45, 2.75) is 68.7 Å². The van der Waals surface area contributed by atoms with E-state index in [1.165, 1.54) is 40.6 Å². The van der Waals surface area contributed by atoms with Crippen LogP contribution in [-0.2, 0) is 42.9 Å². The maximum atomic E-state index is 13.9. The molecule has 2 amide bonds. The van der Waals surface area contributed by atoms with Crippen molar-refractivity contribution in [1.82, 2.24) is 19.1 Å². The third kappa shape index (κ3) is 13.5. The summed E-state index contributed by atoms with van der Waals surface area (Å²) in [6.45, 7) is 0.682. The number of carbonyl (C=O) groups is 3. The third-order valence-electron chi connectivity index (χ3n) is 13.1. The summed E-state index contributed by atoms with van der Waals surface area (Å²) in [5.41, 5.74) is 0.215. The Balaban J connectivity index is 1.00. The van der Waals surface area contributed by atoms with Crippen molar-refractivity contribution in [1.29, 1.82) is 5.26 Å². The fourth-order valence-corrected chi connectivity index (χ4v) is 10.4. The Hall–Kier alpha value is -8.45. The molecule has 7 aromatic rings. The molecule has 2 aliphatic rings. The highest BCUT2D eigenvalue weighted by molar-refractivity contribution is 7.41. The first-order chi connectivity index (χ1) is 38.9. The van der Waals surface area contributed by atoms with E-state index >= 15 is 0 Å². The summed E-state index contributed by atoms with van der Waals surface area (Å²) in [5, 5.41) is 14.9. The number of aromatic nitrogens is 4. The maximum Gasteiger partial charge on any atom is 0.351 e. The monoisotopic (exact) mass is 1110 g/mol. The van der Waals surface area contributed by atoms with E-state index < -0.39 is 80.2 Å². The van der Waals surface area contributed by atoms with Crippen molar-refractivity contribution in [2.75, 3.05) is 44.7 Å². The molecule has 2 aromatic heterocycles. The van der Waals surface area contributed by atoms with Gasteiger partial charge < -0.3 is 52.6 Å². The Bertz CT molecular complexity index is 3340. The van der Waals surface area contributed by atoms with Crippen LogP contribution in [0.15, 0.2) is 174 Å². The number of nitrogens with zero attached hydrogens (tertiary/aromatic N) is 5. The highest BCUT2D eigenvalue weighted by atomic mass is 31.2. The SMILES string of the molecule is COc1ccc(C(OC[C@H]2O[C@@H](n3ccc(NC(=O)c4ccccc4)nc3=O)C[C@@H]2OP(OCCC#N)OC[C@H]2O[C@@H](n3ccc(NC(=O)c4ccccc4)nc3=O)C[C@@H]2OC(C)=O)(c2ccccc2)c2ccc(OC)cc2)cc1. The number of methoxy groups -OCH3 is 2. The molecule has 2 fully saturated rings. The van der Waals surface area contributed by atoms with Crippen molar-refractivity contribution in [3.8, 4) is 17.6 Å². The molecule has 0 saturated carbocycles. The van der Waals surface area contributed by atoms with E-state index in [1.807, 2.05) is 78.9 Å². The van der Waals surface area contributed by atoms with Crippen LogP contribution in [0, 0.1) is 11.3 Å². The van der Waals surface area contributed by atoms with Crippen LogP contribution >= 0.6 is 8.60 Å². The summed E-state index contributed by atoms with van der Waals surface area (Å²) in [4.78, 5) is 73.9. The number of rotatable bonds is 23. The Morgan fingerprint density at radius 2 is 1.10 bits per heavy atom. The summed E-state index contributed by atoms with van der Waals surface area (Å²) in [7, 11) is 0.770. The molecule has 0 spiro atoms. The number of esters is 1. The Morgan fingerprint density at radius 3 is 1.56 bits per heavy atom. The predicted molar refractivity (Wildman–Crippen MR) is 291 cm³/mol. The lowest BCUT2D eigenvalue weighted by atomic mass is 9.80. The minimum absolute atomic E-state index is 0.0198. The zero-order valence-corrected chi connectivity index (χ0v) is 44.6. The number of anilines is 2. The molecule has 80 heavy (non-hydrogen) atoms. The molecule has 0 bridgehead atoms. The number of hydrogen-bond donors (Lipinski definition) is 2. The average Bonchev–Trinajstić information content (AvgIpc) is 4.17. The van der Waals surface area contributed by atoms with E-state index in [1.54, 1.807) is 74.9 Å². The molecule has 2 N–H and O–H groups in total. The second-order valence-electron chi connectivity index (χ2n) is 18.2. The van der Waals surface area contributed by atoms with Crippen LogP contribution in [0.2, 0.25) is 0 Å². The predicted octanol–water partition coefficient (Wildman–Crippen LogP) is 8.10. The highest BCUT2D eigenvalue weighted by Crippen LogP contribution is 2.48. The second kappa shape index (κ2) is 26.5. The second-order valence-corrected chi connectivity index (χ2v) is 19.4. The summed E-state index contributed by atoms with van der Waals surface area (Å²) in [6.07, 6.45) is -2.88. The summed E-state index contributed by atoms with van der Waals surface area (Å²) in [5.74, 6) is -0.232. The van der Waals surface area contributed by atoms with E-state index in [4.69, 9.17) is 42.0 Å². The van der Waals surface area contributed by atoms with Gasteiger partial charge in [-0.3, -0.25) is 23.5 Å². The van der Waals surface area contributed by atoms with Gasteiger partial charge in [0.2, 0.25) is 0 Å². The lowest BCUT2D eigenvalue weighted by Crippen LogP contribution is -2.38. The molecular formula is C58H56N7O14P. The van der Waals surface area contributed by atoms with Gasteiger partial charge in [-0.1, -0.05) is 91.0 Å². The number of nitriles is 1. The van der Waals surface area contributed by atoms with Crippen LogP contribution in [0.3, 0.4) is 0 Å². The van der Waals surface area contributed by atoms with Crippen molar-refractivity contribution in [3.05, 3.63) is 213 Å². The van der Waals surface area contributed by atoms with Crippen molar-refractivity contribution >= 4 is 38.0 Å². The molecule has 21 nitrogen and oxygen atoms in total. The summed E-state index contributed by atoms with van der Waals surface area (Å²) in [6, 6.07) is 46.6. The van der Waals surface area contributed by atoms with Gasteiger partial charge in [-0.15, -0.1) is 0 Å². The van der Waals surface area contributed by atoms with Gasteiger partial charge in [0.25, 0.3) is 11.8 Å². The van der Waals surface area contributed by atoms with Crippen LogP contribution < -0.4 is 31.5 Å². The molecule has 4 heterocycles. The topological polar surface area (TPSA) is 252 Å². The maximum absolute atomic E-state index is 13.9. The standard InChI is InChI=1S/C58H56N7O14P/c1-38(66)76-46-34-52(64-31-28-50(62-56(64)69)60-54(67)39-14-7-4-8-15-39)78-49(46)37-75-80(74-33-13-30-59)79-47-35-53(65-32-29-51(63-57(65)70)61-55(68)40-16-9-5-10-17-40)77-48(47)36-73-58(41-18-11-6-12-19-41,42-20-24-44(71-2)25-21-42)43-22-26-45(72-3)27-23-43/h4-12,14-29,31-32,46-49,52-53H,13,33-37H2,1-3H3,(H,60,62,67,69)(H,61,63,68,70)/t46-,47-,48+,49+,52+,53+,80?/m0/s1. The number of amides is 2. The van der Waals surface area contributed by atoms with E-state index in [-0.39, 0.29) is 50.7 Å². The zero-order chi connectivity index (χ0) is 56.0. The molecule has 1 unspecified atom stereocenters. The zero-order valence-electron chi connectivity index (χ0n) is 43.7. The van der Waals surface area contributed by atoms with Crippen molar-refractivity contribution in [3.63, 3.8) is 0 Å². The quantitative estimate of drug-likeness (QED) is 0.0266. The number of ether oxygens (including phenoxy) is 6. The van der Waals surface area contributed by atoms with Crippen LogP contribution in [0.25, 0.3) is 0 Å². The van der Waals surface area contributed by atoms with E-state index in [0.717, 1.165) is 16.7 Å². The van der Waals surface area contributed by atoms with Crippen LogP contribution in [-0.4, -0.2) is 95.3 Å². The smallest absolute Gasteiger partial charge is 0.351 e. The number of carbonyl (C=O) groups excluding carboxylic acids is 3. The fourth-order valence-electron chi connectivity index (χ4n) is 9.24. The van der Waals surface area contributed by atoms with Gasteiger partial charge >= 0.3 is 26.0 Å². The van der Waals surface area contributed by atoms with Gasteiger partial charge in [-0.2, -0.15) is 15.2 Å². The highest BCUT2D eigenvalue weighted by Gasteiger charge is 2.45. The van der Waals surface area contributed by atoms with Gasteiger partial charge in [0.1, 0.15) is 59.5 Å². The number of benzene rings is 5. The summed E-state index contributed by atoms with van der Waals surface area (Å²) < 4.78 is 58.8. The Kier molecular flexibility index (Phi) is 18.6. The van der Waals surface area contributed by atoms with Gasteiger partial charge in [0, 0.05) is 43.3 Å². The molecule has 7 atom stereocenters. The number of hydrogen-bond acceptors (Lipinski definition) is 17. The van der Waals surface area contributed by atoms with Crippen LogP contribution in [0.4, 0.5) is 11.6 Å². The minimum atomic E-state index is -2.39. The van der Waals surface area contributed by atoms with Gasteiger partial charge in [-0.05, 0) is 77.4 Å². The molecule has 22 heteroatoms. The largest absolute Gasteiger partial charge is 0.497 e. The first-order valence-corrected chi connectivity index (χ1v) is 26.5. The Morgan fingerprint density at radius 1 is 0.637 bits per heavy atom. The molecule has 412 valence electrons. The van der Waals surface area contributed by atoms with Gasteiger partial charge in [0.05, 0.1) is 52.6 Å². The van der Waals surface area contributed by atoms with E-state index in [0.29, 0.717) is 22.6 Å². The van der Waals surface area contributed by atoms with Crippen LogP contribution in [0.1, 0.15) is 76.0 Å². The van der Waals surface area contributed by atoms with Crippen LogP contribution in [0.5, 0.6) is 11.5 Å². The van der Waals surface area contributed by atoms with Crippen molar-refractivity contribution in [2.24, 2.45) is 0 Å². The van der Waals surface area contributed by atoms with Crippen molar-refractivity contribution < 1.29 is 56.4 Å². The number of nitrogens with one attached hydrogen (secondary N) is 2. The normalized spacial score (nSPS) is 19.1. The first-order valence-electron chi connectivity index (χ1n) is 25.4. The van der Waals surface area contributed by atoms with Gasteiger partial charge in [0.15, 0.2) is 0 Å². The lowest BCUT2D eigenvalue weighted by molar-refractivity contribution is -0.150. The first kappa shape index (κ1) is 56.3. The molecule has 9 rings (SSSR count). The molecule has 2 saturated heterocycles.